The zero-order valence-electron chi connectivity index (χ0n) is 9.84. The van der Waals surface area contributed by atoms with Gasteiger partial charge in [0.15, 0.2) is 0 Å². The predicted octanol–water partition coefficient (Wildman–Crippen LogP) is 3.16. The first-order valence-corrected chi connectivity index (χ1v) is 6.26. The fourth-order valence-corrected chi connectivity index (χ4v) is 2.78. The first-order chi connectivity index (χ1) is 8.45. The lowest BCUT2D eigenvalue weighted by molar-refractivity contribution is 0.666. The molecule has 1 nitrogen and oxygen atoms in total. The molecule has 17 heavy (non-hydrogen) atoms. The van der Waals surface area contributed by atoms with Crippen LogP contribution in [0.5, 0.6) is 0 Å². The predicted molar refractivity (Wildman–Crippen MR) is 71.2 cm³/mol. The Morgan fingerprint density at radius 2 is 1.06 bits per heavy atom. The molecular formula is C16H17N. The van der Waals surface area contributed by atoms with Gasteiger partial charge in [0.1, 0.15) is 0 Å². The molecule has 1 aliphatic heterocycles. The van der Waals surface area contributed by atoms with Gasteiger partial charge in [0.25, 0.3) is 0 Å². The van der Waals surface area contributed by atoms with Crippen LogP contribution in [0, 0.1) is 0 Å². The Morgan fingerprint density at radius 1 is 0.647 bits per heavy atom. The summed E-state index contributed by atoms with van der Waals surface area (Å²) in [5.41, 5.74) is 2.90. The van der Waals surface area contributed by atoms with Gasteiger partial charge in [-0.15, -0.1) is 0 Å². The quantitative estimate of drug-likeness (QED) is 0.824. The molecule has 0 spiro atoms. The third kappa shape index (κ3) is 2.11. The van der Waals surface area contributed by atoms with Crippen LogP contribution in [0.4, 0.5) is 0 Å². The van der Waals surface area contributed by atoms with Crippen molar-refractivity contribution in [3.05, 3.63) is 71.8 Å². The van der Waals surface area contributed by atoms with Crippen LogP contribution in [0.2, 0.25) is 0 Å². The summed E-state index contributed by atoms with van der Waals surface area (Å²) in [6.45, 7) is 2.17. The van der Waals surface area contributed by atoms with Crippen LogP contribution in [0.3, 0.4) is 0 Å². The van der Waals surface area contributed by atoms with Crippen molar-refractivity contribution >= 4 is 0 Å². The summed E-state index contributed by atoms with van der Waals surface area (Å²) >= 11 is 0. The minimum absolute atomic E-state index is 0.610. The maximum absolute atomic E-state index is 3.52. The fourth-order valence-electron chi connectivity index (χ4n) is 2.78. The third-order valence-corrected chi connectivity index (χ3v) is 3.67. The molecule has 1 saturated heterocycles. The van der Waals surface area contributed by atoms with Gasteiger partial charge in [0.2, 0.25) is 0 Å². The number of benzene rings is 2. The van der Waals surface area contributed by atoms with E-state index in [9.17, 15) is 0 Å². The van der Waals surface area contributed by atoms with E-state index in [1.807, 2.05) is 0 Å². The highest BCUT2D eigenvalue weighted by molar-refractivity contribution is 5.31. The van der Waals surface area contributed by atoms with E-state index >= 15 is 0 Å². The van der Waals surface area contributed by atoms with E-state index in [0.717, 1.165) is 13.1 Å². The lowest BCUT2D eigenvalue weighted by atomic mass is 9.84. The van der Waals surface area contributed by atoms with Crippen molar-refractivity contribution in [1.29, 1.82) is 0 Å². The van der Waals surface area contributed by atoms with Gasteiger partial charge < -0.3 is 5.32 Å². The van der Waals surface area contributed by atoms with Crippen molar-refractivity contribution in [3.63, 3.8) is 0 Å². The molecule has 1 aliphatic rings. The highest BCUT2D eigenvalue weighted by atomic mass is 14.9. The zero-order valence-corrected chi connectivity index (χ0v) is 9.84. The topological polar surface area (TPSA) is 12.0 Å². The molecule has 2 aromatic carbocycles. The summed E-state index contributed by atoms with van der Waals surface area (Å²) in [6, 6.07) is 21.7. The van der Waals surface area contributed by atoms with Crippen molar-refractivity contribution in [2.24, 2.45) is 0 Å². The standard InChI is InChI=1S/C16H17N/c1-3-7-13(8-4-1)15-11-17-12-16(15)14-9-5-2-6-10-14/h1-10,15-17H,11-12H2/t15-,16+. The van der Waals surface area contributed by atoms with Crippen molar-refractivity contribution in [3.8, 4) is 0 Å². The average molecular weight is 223 g/mol. The molecule has 1 fully saturated rings. The number of rotatable bonds is 2. The first kappa shape index (κ1) is 10.5. The molecule has 2 aromatic rings. The molecule has 0 radical (unpaired) electrons. The smallest absolute Gasteiger partial charge is 0.00443 e. The van der Waals surface area contributed by atoms with E-state index in [-0.39, 0.29) is 0 Å². The van der Waals surface area contributed by atoms with Gasteiger partial charge in [-0.3, -0.25) is 0 Å². The molecular weight excluding hydrogens is 206 g/mol. The second kappa shape index (κ2) is 4.72. The van der Waals surface area contributed by atoms with Gasteiger partial charge in [0, 0.05) is 24.9 Å². The Kier molecular flexibility index (Phi) is 2.93. The minimum atomic E-state index is 0.610. The zero-order chi connectivity index (χ0) is 11.5. The second-order valence-corrected chi connectivity index (χ2v) is 4.69. The van der Waals surface area contributed by atoms with Gasteiger partial charge in [-0.2, -0.15) is 0 Å². The number of nitrogens with one attached hydrogen (secondary N) is 1. The average Bonchev–Trinajstić information content (AvgIpc) is 2.90. The SMILES string of the molecule is c1ccc([C@H]2CNC[C@H]2c2ccccc2)cc1. The summed E-state index contributed by atoms with van der Waals surface area (Å²) < 4.78 is 0. The van der Waals surface area contributed by atoms with Gasteiger partial charge in [-0.05, 0) is 11.1 Å². The van der Waals surface area contributed by atoms with Crippen molar-refractivity contribution in [2.75, 3.05) is 13.1 Å². The van der Waals surface area contributed by atoms with E-state index in [4.69, 9.17) is 0 Å². The van der Waals surface area contributed by atoms with Gasteiger partial charge >= 0.3 is 0 Å². The van der Waals surface area contributed by atoms with Crippen LogP contribution in [-0.2, 0) is 0 Å². The summed E-state index contributed by atoms with van der Waals surface area (Å²) in [6.07, 6.45) is 0. The Bertz CT molecular complexity index is 418. The van der Waals surface area contributed by atoms with Crippen LogP contribution in [-0.4, -0.2) is 13.1 Å². The molecule has 0 aliphatic carbocycles. The third-order valence-electron chi connectivity index (χ3n) is 3.67. The van der Waals surface area contributed by atoms with E-state index in [2.05, 4.69) is 66.0 Å². The van der Waals surface area contributed by atoms with E-state index in [0.29, 0.717) is 11.8 Å². The largest absolute Gasteiger partial charge is 0.315 e. The number of hydrogen-bond acceptors (Lipinski definition) is 1. The molecule has 2 atom stereocenters. The monoisotopic (exact) mass is 223 g/mol. The van der Waals surface area contributed by atoms with Crippen LogP contribution in [0.25, 0.3) is 0 Å². The van der Waals surface area contributed by atoms with Crippen LogP contribution < -0.4 is 5.32 Å². The maximum atomic E-state index is 3.52. The summed E-state index contributed by atoms with van der Waals surface area (Å²) in [7, 11) is 0. The Balaban J connectivity index is 1.91. The molecule has 0 bridgehead atoms. The summed E-state index contributed by atoms with van der Waals surface area (Å²) in [5.74, 6) is 1.22. The van der Waals surface area contributed by atoms with Crippen molar-refractivity contribution in [2.45, 2.75) is 11.8 Å². The molecule has 0 aromatic heterocycles. The van der Waals surface area contributed by atoms with Crippen LogP contribution in [0.15, 0.2) is 60.7 Å². The molecule has 3 rings (SSSR count). The van der Waals surface area contributed by atoms with Gasteiger partial charge in [-0.1, -0.05) is 60.7 Å². The van der Waals surface area contributed by atoms with Crippen molar-refractivity contribution < 1.29 is 0 Å². The molecule has 0 saturated carbocycles. The molecule has 1 heteroatoms. The first-order valence-electron chi connectivity index (χ1n) is 6.26. The molecule has 1 N–H and O–H groups in total. The molecule has 0 unspecified atom stereocenters. The van der Waals surface area contributed by atoms with E-state index < -0.39 is 0 Å². The molecule has 0 amide bonds. The summed E-state index contributed by atoms with van der Waals surface area (Å²) in [4.78, 5) is 0. The minimum Gasteiger partial charge on any atom is -0.315 e. The lowest BCUT2D eigenvalue weighted by Gasteiger charge is -2.19. The Morgan fingerprint density at radius 3 is 1.47 bits per heavy atom. The molecule has 1 heterocycles. The fraction of sp³-hybridized carbons (Fsp3) is 0.250. The van der Waals surface area contributed by atoms with E-state index in [1.54, 1.807) is 0 Å². The highest BCUT2D eigenvalue weighted by Crippen LogP contribution is 2.35. The van der Waals surface area contributed by atoms with Gasteiger partial charge in [-0.25, -0.2) is 0 Å². The van der Waals surface area contributed by atoms with Crippen LogP contribution in [0.1, 0.15) is 23.0 Å². The van der Waals surface area contributed by atoms with E-state index in [1.165, 1.54) is 11.1 Å². The maximum Gasteiger partial charge on any atom is 0.00443 e. The second-order valence-electron chi connectivity index (χ2n) is 4.69. The summed E-state index contributed by atoms with van der Waals surface area (Å²) in [5, 5.41) is 3.52. The lowest BCUT2D eigenvalue weighted by Crippen LogP contribution is -2.08. The van der Waals surface area contributed by atoms with Crippen molar-refractivity contribution in [1.82, 2.24) is 5.32 Å². The number of hydrogen-bond donors (Lipinski definition) is 1. The Labute approximate surface area is 102 Å². The highest BCUT2D eigenvalue weighted by Gasteiger charge is 2.29. The molecule has 86 valence electrons. The van der Waals surface area contributed by atoms with Gasteiger partial charge in [0.05, 0.1) is 0 Å². The Hall–Kier alpha value is -1.60. The van der Waals surface area contributed by atoms with Crippen LogP contribution >= 0.6 is 0 Å². The normalized spacial score (nSPS) is 23.8.